The average molecular weight is 227 g/mol. The first-order valence-corrected chi connectivity index (χ1v) is 6.80. The maximum atomic E-state index is 5.86. The summed E-state index contributed by atoms with van der Waals surface area (Å²) < 4.78 is 0. The molecule has 0 aromatic carbocycles. The zero-order valence-corrected chi connectivity index (χ0v) is 10.3. The summed E-state index contributed by atoms with van der Waals surface area (Å²) in [6, 6.07) is 0. The second-order valence-electron chi connectivity index (χ2n) is 4.28. The molecule has 2 rings (SSSR count). The highest BCUT2D eigenvalue weighted by Gasteiger charge is 2.24. The molecule has 0 spiro atoms. The quantitative estimate of drug-likeness (QED) is 0.769. The standard InChI is InChI=1S/C11H21N3S/c1-2-3-6-14-7-4-9-10(5-8-14)15-11(12)13-9/h11,13H,2-8,12H2,1H3. The molecule has 3 nitrogen and oxygen atoms in total. The molecule has 15 heavy (non-hydrogen) atoms. The van der Waals surface area contributed by atoms with E-state index >= 15 is 0 Å². The summed E-state index contributed by atoms with van der Waals surface area (Å²) in [7, 11) is 0. The summed E-state index contributed by atoms with van der Waals surface area (Å²) in [6.45, 7) is 5.92. The maximum absolute atomic E-state index is 5.86. The molecular weight excluding hydrogens is 206 g/mol. The van der Waals surface area contributed by atoms with Crippen molar-refractivity contribution in [1.82, 2.24) is 10.2 Å². The van der Waals surface area contributed by atoms with Gasteiger partial charge >= 0.3 is 0 Å². The highest BCUT2D eigenvalue weighted by atomic mass is 32.2. The van der Waals surface area contributed by atoms with E-state index in [0.29, 0.717) is 0 Å². The van der Waals surface area contributed by atoms with Crippen molar-refractivity contribution in [2.45, 2.75) is 38.1 Å². The summed E-state index contributed by atoms with van der Waals surface area (Å²) in [6.07, 6.45) is 4.95. The number of thioether (sulfide) groups is 1. The average Bonchev–Trinajstić information content (AvgIpc) is 2.48. The van der Waals surface area contributed by atoms with Gasteiger partial charge in [-0.3, -0.25) is 0 Å². The van der Waals surface area contributed by atoms with Crippen LogP contribution in [-0.4, -0.2) is 30.0 Å². The minimum atomic E-state index is 0.109. The Balaban J connectivity index is 1.83. The molecular formula is C11H21N3S. The van der Waals surface area contributed by atoms with Crippen LogP contribution in [0.4, 0.5) is 0 Å². The molecule has 0 fully saturated rings. The fourth-order valence-electron chi connectivity index (χ4n) is 2.17. The van der Waals surface area contributed by atoms with Crippen LogP contribution in [0.3, 0.4) is 0 Å². The van der Waals surface area contributed by atoms with Crippen LogP contribution in [0.1, 0.15) is 32.6 Å². The Morgan fingerprint density at radius 1 is 1.47 bits per heavy atom. The third-order valence-electron chi connectivity index (χ3n) is 3.08. The molecule has 86 valence electrons. The summed E-state index contributed by atoms with van der Waals surface area (Å²) >= 11 is 1.81. The van der Waals surface area contributed by atoms with E-state index < -0.39 is 0 Å². The van der Waals surface area contributed by atoms with E-state index in [2.05, 4.69) is 17.1 Å². The van der Waals surface area contributed by atoms with Crippen LogP contribution in [0.2, 0.25) is 0 Å². The Hall–Kier alpha value is -0.190. The van der Waals surface area contributed by atoms with E-state index in [4.69, 9.17) is 5.73 Å². The second kappa shape index (κ2) is 5.23. The fourth-order valence-corrected chi connectivity index (χ4v) is 3.19. The van der Waals surface area contributed by atoms with Gasteiger partial charge in [-0.2, -0.15) is 0 Å². The van der Waals surface area contributed by atoms with Gasteiger partial charge < -0.3 is 16.0 Å². The van der Waals surface area contributed by atoms with Crippen LogP contribution in [0.15, 0.2) is 10.6 Å². The Bertz CT molecular complexity index is 232. The van der Waals surface area contributed by atoms with Crippen molar-refractivity contribution < 1.29 is 0 Å². The summed E-state index contributed by atoms with van der Waals surface area (Å²) in [5, 5.41) is 3.37. The minimum Gasteiger partial charge on any atom is -0.364 e. The van der Waals surface area contributed by atoms with E-state index in [1.807, 2.05) is 11.8 Å². The number of nitrogens with one attached hydrogen (secondary N) is 1. The molecule has 0 aromatic heterocycles. The normalized spacial score (nSPS) is 27.5. The summed E-state index contributed by atoms with van der Waals surface area (Å²) in [4.78, 5) is 4.08. The highest BCUT2D eigenvalue weighted by molar-refractivity contribution is 8.03. The predicted molar refractivity (Wildman–Crippen MR) is 66.3 cm³/mol. The van der Waals surface area contributed by atoms with Crippen LogP contribution in [0.5, 0.6) is 0 Å². The van der Waals surface area contributed by atoms with E-state index in [1.165, 1.54) is 49.5 Å². The zero-order chi connectivity index (χ0) is 10.7. The molecule has 2 aliphatic heterocycles. The lowest BCUT2D eigenvalue weighted by Gasteiger charge is -2.20. The van der Waals surface area contributed by atoms with Gasteiger partial charge in [0.15, 0.2) is 0 Å². The molecule has 0 saturated heterocycles. The van der Waals surface area contributed by atoms with E-state index in [1.54, 1.807) is 0 Å². The lowest BCUT2D eigenvalue weighted by atomic mass is 10.3. The molecule has 0 aromatic rings. The van der Waals surface area contributed by atoms with E-state index in [9.17, 15) is 0 Å². The molecule has 0 saturated carbocycles. The van der Waals surface area contributed by atoms with Gasteiger partial charge in [0, 0.05) is 30.1 Å². The molecule has 2 aliphatic rings. The Morgan fingerprint density at radius 3 is 3.07 bits per heavy atom. The summed E-state index contributed by atoms with van der Waals surface area (Å²) in [5.74, 6) is 0. The van der Waals surface area contributed by atoms with Gasteiger partial charge in [-0.1, -0.05) is 25.1 Å². The number of hydrogen-bond donors (Lipinski definition) is 2. The molecule has 2 heterocycles. The Morgan fingerprint density at radius 2 is 2.27 bits per heavy atom. The number of rotatable bonds is 3. The van der Waals surface area contributed by atoms with Gasteiger partial charge in [0.1, 0.15) is 5.50 Å². The molecule has 3 N–H and O–H groups in total. The number of unbranched alkanes of at least 4 members (excludes halogenated alkanes) is 1. The first-order chi connectivity index (χ1) is 7.29. The van der Waals surface area contributed by atoms with Gasteiger partial charge in [-0.15, -0.1) is 0 Å². The first kappa shape index (κ1) is 11.3. The second-order valence-corrected chi connectivity index (χ2v) is 5.52. The smallest absolute Gasteiger partial charge is 0.127 e. The fraction of sp³-hybridized carbons (Fsp3) is 0.818. The summed E-state index contributed by atoms with van der Waals surface area (Å²) in [5.41, 5.74) is 7.37. The van der Waals surface area contributed by atoms with Crippen molar-refractivity contribution in [2.24, 2.45) is 5.73 Å². The van der Waals surface area contributed by atoms with Crippen LogP contribution < -0.4 is 11.1 Å². The van der Waals surface area contributed by atoms with Crippen LogP contribution in [0, 0.1) is 0 Å². The monoisotopic (exact) mass is 227 g/mol. The van der Waals surface area contributed by atoms with Crippen molar-refractivity contribution in [2.75, 3.05) is 19.6 Å². The molecule has 0 radical (unpaired) electrons. The number of nitrogens with zero attached hydrogens (tertiary/aromatic N) is 1. The SMILES string of the molecule is CCCCN1CCC2=C(CC1)SC(N)N2. The van der Waals surface area contributed by atoms with Crippen molar-refractivity contribution in [1.29, 1.82) is 0 Å². The molecule has 1 unspecified atom stereocenters. The number of nitrogens with two attached hydrogens (primary N) is 1. The Labute approximate surface area is 96.5 Å². The first-order valence-electron chi connectivity index (χ1n) is 5.92. The van der Waals surface area contributed by atoms with Crippen molar-refractivity contribution in [3.8, 4) is 0 Å². The van der Waals surface area contributed by atoms with Gasteiger partial charge in [0.2, 0.25) is 0 Å². The molecule has 4 heteroatoms. The van der Waals surface area contributed by atoms with Gasteiger partial charge in [0.25, 0.3) is 0 Å². The van der Waals surface area contributed by atoms with Crippen molar-refractivity contribution in [3.63, 3.8) is 0 Å². The Kier molecular flexibility index (Phi) is 3.94. The molecule has 0 bridgehead atoms. The minimum absolute atomic E-state index is 0.109. The van der Waals surface area contributed by atoms with Crippen LogP contribution >= 0.6 is 11.8 Å². The van der Waals surface area contributed by atoms with E-state index in [-0.39, 0.29) is 5.50 Å². The van der Waals surface area contributed by atoms with E-state index in [0.717, 1.165) is 6.42 Å². The maximum Gasteiger partial charge on any atom is 0.127 e. The molecule has 0 amide bonds. The van der Waals surface area contributed by atoms with Crippen LogP contribution in [0.25, 0.3) is 0 Å². The number of hydrogen-bond acceptors (Lipinski definition) is 4. The topological polar surface area (TPSA) is 41.3 Å². The largest absolute Gasteiger partial charge is 0.364 e. The third kappa shape index (κ3) is 2.89. The van der Waals surface area contributed by atoms with Gasteiger partial charge in [-0.25, -0.2) is 0 Å². The predicted octanol–water partition coefficient (Wildman–Crippen LogP) is 1.67. The zero-order valence-electron chi connectivity index (χ0n) is 9.46. The highest BCUT2D eigenvalue weighted by Crippen LogP contribution is 2.33. The van der Waals surface area contributed by atoms with Crippen LogP contribution in [-0.2, 0) is 0 Å². The molecule has 0 aliphatic carbocycles. The molecule has 1 atom stereocenters. The lowest BCUT2D eigenvalue weighted by molar-refractivity contribution is 0.281. The van der Waals surface area contributed by atoms with Crippen molar-refractivity contribution in [3.05, 3.63) is 10.6 Å². The van der Waals surface area contributed by atoms with Crippen molar-refractivity contribution >= 4 is 11.8 Å². The van der Waals surface area contributed by atoms with Gasteiger partial charge in [-0.05, 0) is 19.4 Å². The van der Waals surface area contributed by atoms with Gasteiger partial charge in [0.05, 0.1) is 0 Å². The lowest BCUT2D eigenvalue weighted by Crippen LogP contribution is -2.31. The third-order valence-corrected chi connectivity index (χ3v) is 4.19.